The van der Waals surface area contributed by atoms with Gasteiger partial charge >= 0.3 is 0 Å². The standard InChI is InChI=1S/C19H20FN5OS/c1-2-16(17(26)22-15-10-8-14(20)9-11-15)25-18(21)23-24-19(25)27-12-13-6-4-3-5-7-13/h3-11,16H,2,12H2,1H3,(H2,21,23)(H,22,26). The van der Waals surface area contributed by atoms with Crippen molar-refractivity contribution in [1.82, 2.24) is 14.8 Å². The summed E-state index contributed by atoms with van der Waals surface area (Å²) in [6.45, 7) is 1.89. The summed E-state index contributed by atoms with van der Waals surface area (Å²) in [6.07, 6.45) is 0.508. The lowest BCUT2D eigenvalue weighted by molar-refractivity contribution is -0.119. The average Bonchev–Trinajstić information content (AvgIpc) is 3.04. The first-order chi connectivity index (χ1) is 13.1. The molecule has 1 heterocycles. The maximum Gasteiger partial charge on any atom is 0.247 e. The topological polar surface area (TPSA) is 85.8 Å². The van der Waals surface area contributed by atoms with Gasteiger partial charge in [-0.1, -0.05) is 49.0 Å². The zero-order chi connectivity index (χ0) is 19.2. The first kappa shape index (κ1) is 18.9. The van der Waals surface area contributed by atoms with Crippen molar-refractivity contribution in [2.75, 3.05) is 11.1 Å². The molecule has 0 bridgehead atoms. The number of benzene rings is 2. The van der Waals surface area contributed by atoms with Gasteiger partial charge in [-0.25, -0.2) is 4.39 Å². The molecule has 1 unspecified atom stereocenters. The molecule has 3 rings (SSSR count). The zero-order valence-corrected chi connectivity index (χ0v) is 15.6. The summed E-state index contributed by atoms with van der Waals surface area (Å²) in [5.41, 5.74) is 7.64. The molecule has 1 aromatic heterocycles. The third-order valence-corrected chi connectivity index (χ3v) is 5.03. The van der Waals surface area contributed by atoms with Gasteiger partial charge in [-0.15, -0.1) is 10.2 Å². The number of rotatable bonds is 7. The summed E-state index contributed by atoms with van der Waals surface area (Å²) >= 11 is 1.47. The Hall–Kier alpha value is -2.87. The number of halogens is 1. The van der Waals surface area contributed by atoms with Crippen molar-refractivity contribution >= 4 is 29.3 Å². The summed E-state index contributed by atoms with van der Waals surface area (Å²) in [5, 5.41) is 11.4. The Morgan fingerprint density at radius 2 is 1.89 bits per heavy atom. The van der Waals surface area contributed by atoms with Gasteiger partial charge in [0.15, 0.2) is 5.16 Å². The molecule has 6 nitrogen and oxygen atoms in total. The Kier molecular flexibility index (Phi) is 6.08. The summed E-state index contributed by atoms with van der Waals surface area (Å²) in [4.78, 5) is 12.8. The van der Waals surface area contributed by atoms with E-state index in [9.17, 15) is 9.18 Å². The Labute approximate surface area is 161 Å². The quantitative estimate of drug-likeness (QED) is 0.603. The second-order valence-corrected chi connectivity index (χ2v) is 6.85. The van der Waals surface area contributed by atoms with Crippen LogP contribution in [-0.2, 0) is 10.5 Å². The fraction of sp³-hybridized carbons (Fsp3) is 0.211. The van der Waals surface area contributed by atoms with E-state index in [1.165, 1.54) is 36.0 Å². The summed E-state index contributed by atoms with van der Waals surface area (Å²) < 4.78 is 14.7. The van der Waals surface area contributed by atoms with Gasteiger partial charge in [0.2, 0.25) is 11.9 Å². The minimum atomic E-state index is -0.566. The van der Waals surface area contributed by atoms with Crippen LogP contribution in [0.25, 0.3) is 0 Å². The van der Waals surface area contributed by atoms with E-state index >= 15 is 0 Å². The molecule has 0 aliphatic carbocycles. The molecule has 0 spiro atoms. The smallest absolute Gasteiger partial charge is 0.247 e. The molecule has 1 atom stereocenters. The van der Waals surface area contributed by atoms with Crippen molar-refractivity contribution in [2.45, 2.75) is 30.3 Å². The highest BCUT2D eigenvalue weighted by Crippen LogP contribution is 2.28. The lowest BCUT2D eigenvalue weighted by Crippen LogP contribution is -2.27. The first-order valence-electron chi connectivity index (χ1n) is 8.52. The van der Waals surface area contributed by atoms with Crippen LogP contribution in [0.15, 0.2) is 59.8 Å². The molecule has 0 radical (unpaired) electrons. The van der Waals surface area contributed by atoms with E-state index in [0.717, 1.165) is 5.56 Å². The Balaban J connectivity index is 1.77. The molecule has 3 aromatic rings. The molecule has 1 amide bonds. The number of nitrogens with one attached hydrogen (secondary N) is 1. The molecular formula is C19H20FN5OS. The van der Waals surface area contributed by atoms with E-state index in [1.54, 1.807) is 4.57 Å². The van der Waals surface area contributed by atoms with Crippen molar-refractivity contribution in [3.05, 3.63) is 66.0 Å². The van der Waals surface area contributed by atoms with Gasteiger partial charge in [-0.2, -0.15) is 0 Å². The molecule has 0 aliphatic heterocycles. The number of carbonyl (C=O) groups excluding carboxylic acids is 1. The van der Waals surface area contributed by atoms with Crippen LogP contribution in [-0.4, -0.2) is 20.7 Å². The number of carbonyl (C=O) groups is 1. The lowest BCUT2D eigenvalue weighted by Gasteiger charge is -2.19. The van der Waals surface area contributed by atoms with E-state index in [2.05, 4.69) is 15.5 Å². The number of nitrogens with two attached hydrogens (primary N) is 1. The van der Waals surface area contributed by atoms with Crippen molar-refractivity contribution in [3.8, 4) is 0 Å². The van der Waals surface area contributed by atoms with Gasteiger partial charge in [0, 0.05) is 11.4 Å². The number of thioether (sulfide) groups is 1. The van der Waals surface area contributed by atoms with E-state index < -0.39 is 6.04 Å². The van der Waals surface area contributed by atoms with Gasteiger partial charge in [0.05, 0.1) is 0 Å². The highest BCUT2D eigenvalue weighted by molar-refractivity contribution is 7.98. The number of anilines is 2. The number of hydrogen-bond acceptors (Lipinski definition) is 5. The first-order valence-corrected chi connectivity index (χ1v) is 9.50. The number of aromatic nitrogens is 3. The third kappa shape index (κ3) is 4.65. The molecule has 140 valence electrons. The van der Waals surface area contributed by atoms with E-state index in [0.29, 0.717) is 23.0 Å². The second kappa shape index (κ2) is 8.68. The highest BCUT2D eigenvalue weighted by Gasteiger charge is 2.25. The van der Waals surface area contributed by atoms with Crippen LogP contribution < -0.4 is 11.1 Å². The zero-order valence-electron chi connectivity index (χ0n) is 14.8. The van der Waals surface area contributed by atoms with Gasteiger partial charge in [-0.3, -0.25) is 9.36 Å². The van der Waals surface area contributed by atoms with Gasteiger partial charge in [-0.05, 0) is 36.2 Å². The number of nitrogens with zero attached hydrogens (tertiary/aromatic N) is 3. The third-order valence-electron chi connectivity index (χ3n) is 4.01. The Morgan fingerprint density at radius 1 is 1.19 bits per heavy atom. The molecule has 0 fully saturated rings. The molecule has 0 saturated heterocycles. The fourth-order valence-corrected chi connectivity index (χ4v) is 3.59. The van der Waals surface area contributed by atoms with E-state index in [4.69, 9.17) is 5.73 Å². The van der Waals surface area contributed by atoms with Crippen LogP contribution in [0.1, 0.15) is 24.9 Å². The number of hydrogen-bond donors (Lipinski definition) is 2. The fourth-order valence-electron chi connectivity index (χ4n) is 2.65. The Morgan fingerprint density at radius 3 is 2.56 bits per heavy atom. The largest absolute Gasteiger partial charge is 0.368 e. The SMILES string of the molecule is CCC(C(=O)Nc1ccc(F)cc1)n1c(N)nnc1SCc1ccccc1. The van der Waals surface area contributed by atoms with Crippen molar-refractivity contribution < 1.29 is 9.18 Å². The summed E-state index contributed by atoms with van der Waals surface area (Å²) in [5.74, 6) is 0.265. The molecule has 0 aliphatic rings. The molecule has 0 saturated carbocycles. The number of nitrogen functional groups attached to an aromatic ring is 1. The summed E-state index contributed by atoms with van der Waals surface area (Å²) in [7, 11) is 0. The molecule has 27 heavy (non-hydrogen) atoms. The van der Waals surface area contributed by atoms with Crippen LogP contribution in [0, 0.1) is 5.82 Å². The van der Waals surface area contributed by atoms with Crippen molar-refractivity contribution in [2.24, 2.45) is 0 Å². The van der Waals surface area contributed by atoms with Gasteiger partial charge in [0.1, 0.15) is 11.9 Å². The van der Waals surface area contributed by atoms with Crippen LogP contribution in [0.2, 0.25) is 0 Å². The van der Waals surface area contributed by atoms with Crippen LogP contribution >= 0.6 is 11.8 Å². The normalized spacial score (nSPS) is 11.9. The lowest BCUT2D eigenvalue weighted by atomic mass is 10.2. The van der Waals surface area contributed by atoms with Crippen molar-refractivity contribution in [1.29, 1.82) is 0 Å². The van der Waals surface area contributed by atoms with E-state index in [1.807, 2.05) is 37.3 Å². The van der Waals surface area contributed by atoms with Crippen LogP contribution in [0.4, 0.5) is 16.0 Å². The summed E-state index contributed by atoms with van der Waals surface area (Å²) in [6, 6.07) is 15.0. The minimum absolute atomic E-state index is 0.187. The van der Waals surface area contributed by atoms with Crippen LogP contribution in [0.5, 0.6) is 0 Å². The monoisotopic (exact) mass is 385 g/mol. The Bertz CT molecular complexity index is 898. The molecular weight excluding hydrogens is 365 g/mol. The predicted octanol–water partition coefficient (Wildman–Crippen LogP) is 3.88. The van der Waals surface area contributed by atoms with Crippen LogP contribution in [0.3, 0.4) is 0 Å². The molecule has 3 N–H and O–H groups in total. The van der Waals surface area contributed by atoms with Gasteiger partial charge < -0.3 is 11.1 Å². The minimum Gasteiger partial charge on any atom is -0.368 e. The second-order valence-electron chi connectivity index (χ2n) is 5.91. The maximum absolute atomic E-state index is 13.1. The maximum atomic E-state index is 13.1. The molecule has 2 aromatic carbocycles. The highest BCUT2D eigenvalue weighted by atomic mass is 32.2. The van der Waals surface area contributed by atoms with E-state index in [-0.39, 0.29) is 17.7 Å². The molecule has 8 heteroatoms. The predicted molar refractivity (Wildman–Crippen MR) is 105 cm³/mol. The number of amides is 1. The average molecular weight is 385 g/mol. The van der Waals surface area contributed by atoms with Crippen molar-refractivity contribution in [3.63, 3.8) is 0 Å². The van der Waals surface area contributed by atoms with Gasteiger partial charge in [0.25, 0.3) is 0 Å².